The molecule has 120 valence electrons. The van der Waals surface area contributed by atoms with Gasteiger partial charge in [-0.1, -0.05) is 18.2 Å². The Morgan fingerprint density at radius 3 is 2.45 bits per heavy atom. The van der Waals surface area contributed by atoms with Gasteiger partial charge in [-0.05, 0) is 44.2 Å². The van der Waals surface area contributed by atoms with Crippen LogP contribution in [0.15, 0.2) is 30.3 Å². The number of aliphatic hydroxyl groups excluding tert-OH is 1. The van der Waals surface area contributed by atoms with E-state index in [1.807, 2.05) is 11.0 Å². The zero-order chi connectivity index (χ0) is 15.8. The molecule has 22 heavy (non-hydrogen) atoms. The van der Waals surface area contributed by atoms with Crippen molar-refractivity contribution in [2.24, 2.45) is 0 Å². The highest BCUT2D eigenvalue weighted by atomic mass is 16.3. The molecule has 0 spiro atoms. The summed E-state index contributed by atoms with van der Waals surface area (Å²) < 4.78 is 0. The van der Waals surface area contributed by atoms with Crippen molar-refractivity contribution < 1.29 is 14.7 Å². The van der Waals surface area contributed by atoms with Crippen LogP contribution in [-0.4, -0.2) is 47.6 Å². The molecule has 0 saturated carbocycles. The van der Waals surface area contributed by atoms with Gasteiger partial charge in [-0.25, -0.2) is 0 Å². The van der Waals surface area contributed by atoms with Crippen LogP contribution in [0.25, 0.3) is 0 Å². The van der Waals surface area contributed by atoms with E-state index in [4.69, 9.17) is 5.11 Å². The lowest BCUT2D eigenvalue weighted by Crippen LogP contribution is -2.47. The highest BCUT2D eigenvalue weighted by molar-refractivity contribution is 5.97. The van der Waals surface area contributed by atoms with E-state index in [9.17, 15) is 9.59 Å². The van der Waals surface area contributed by atoms with Crippen molar-refractivity contribution in [2.45, 2.75) is 38.1 Å². The van der Waals surface area contributed by atoms with Gasteiger partial charge in [0.15, 0.2) is 0 Å². The zero-order valence-corrected chi connectivity index (χ0v) is 12.8. The van der Waals surface area contributed by atoms with Crippen LogP contribution in [0.3, 0.4) is 0 Å². The minimum Gasteiger partial charge on any atom is -0.396 e. The van der Waals surface area contributed by atoms with Gasteiger partial charge >= 0.3 is 0 Å². The first-order chi connectivity index (χ1) is 10.7. The number of carbonyl (C=O) groups excluding carboxylic acids is 2. The molecular weight excluding hydrogens is 280 g/mol. The number of nitrogens with zero attached hydrogens (tertiary/aromatic N) is 1. The highest BCUT2D eigenvalue weighted by Crippen LogP contribution is 2.13. The molecule has 1 aromatic carbocycles. The van der Waals surface area contributed by atoms with E-state index in [-0.39, 0.29) is 18.4 Å². The molecule has 0 bridgehead atoms. The fraction of sp³-hybridized carbons (Fsp3) is 0.529. The summed E-state index contributed by atoms with van der Waals surface area (Å²) in [6.45, 7) is 1.66. The number of carbonyl (C=O) groups is 2. The van der Waals surface area contributed by atoms with E-state index < -0.39 is 6.04 Å². The predicted octanol–water partition coefficient (Wildman–Crippen LogP) is 1.57. The molecule has 5 heteroatoms. The Morgan fingerprint density at radius 2 is 1.82 bits per heavy atom. The van der Waals surface area contributed by atoms with Crippen LogP contribution in [-0.2, 0) is 4.79 Å². The minimum atomic E-state index is -0.502. The normalized spacial score (nSPS) is 15.6. The van der Waals surface area contributed by atoms with Crippen LogP contribution in [0.5, 0.6) is 0 Å². The van der Waals surface area contributed by atoms with E-state index in [1.54, 1.807) is 24.3 Å². The van der Waals surface area contributed by atoms with Gasteiger partial charge < -0.3 is 15.3 Å². The molecule has 1 saturated heterocycles. The first-order valence-corrected chi connectivity index (χ1v) is 7.98. The summed E-state index contributed by atoms with van der Waals surface area (Å²) in [5, 5.41) is 11.8. The molecule has 0 aromatic heterocycles. The Kier molecular flexibility index (Phi) is 6.40. The Morgan fingerprint density at radius 1 is 1.14 bits per heavy atom. The average Bonchev–Trinajstić information content (AvgIpc) is 3.08. The molecule has 1 aliphatic rings. The van der Waals surface area contributed by atoms with Crippen LogP contribution in [0.1, 0.15) is 42.5 Å². The van der Waals surface area contributed by atoms with Crippen molar-refractivity contribution in [1.29, 1.82) is 0 Å². The summed E-state index contributed by atoms with van der Waals surface area (Å²) in [5.74, 6) is -0.220. The van der Waals surface area contributed by atoms with Crippen LogP contribution in [0.4, 0.5) is 0 Å². The first-order valence-electron chi connectivity index (χ1n) is 7.98. The van der Waals surface area contributed by atoms with Gasteiger partial charge in [0.25, 0.3) is 5.91 Å². The van der Waals surface area contributed by atoms with Gasteiger partial charge in [0.05, 0.1) is 0 Å². The fourth-order valence-electron chi connectivity index (χ4n) is 2.71. The second-order valence-corrected chi connectivity index (χ2v) is 5.64. The molecule has 0 aliphatic carbocycles. The molecule has 1 fully saturated rings. The molecule has 2 N–H and O–H groups in total. The Hall–Kier alpha value is -1.88. The van der Waals surface area contributed by atoms with E-state index in [2.05, 4.69) is 5.32 Å². The largest absolute Gasteiger partial charge is 0.396 e. The van der Waals surface area contributed by atoms with Crippen molar-refractivity contribution >= 4 is 11.8 Å². The maximum absolute atomic E-state index is 12.6. The molecule has 0 unspecified atom stereocenters. The minimum absolute atomic E-state index is 0.000258. The van der Waals surface area contributed by atoms with E-state index in [0.29, 0.717) is 18.4 Å². The van der Waals surface area contributed by atoms with Crippen LogP contribution in [0, 0.1) is 0 Å². The van der Waals surface area contributed by atoms with Crippen LogP contribution >= 0.6 is 0 Å². The number of rotatable bonds is 7. The Bertz CT molecular complexity index is 484. The van der Waals surface area contributed by atoms with Crippen molar-refractivity contribution in [3.63, 3.8) is 0 Å². The van der Waals surface area contributed by atoms with Gasteiger partial charge in [0, 0.05) is 25.3 Å². The summed E-state index contributed by atoms with van der Waals surface area (Å²) >= 11 is 0. The zero-order valence-electron chi connectivity index (χ0n) is 12.8. The Labute approximate surface area is 131 Å². The smallest absolute Gasteiger partial charge is 0.251 e. The second kappa shape index (κ2) is 8.54. The summed E-state index contributed by atoms with van der Waals surface area (Å²) in [5.41, 5.74) is 0.559. The molecule has 1 aromatic rings. The van der Waals surface area contributed by atoms with Crippen molar-refractivity contribution in [1.82, 2.24) is 10.2 Å². The number of amides is 2. The average molecular weight is 304 g/mol. The number of benzene rings is 1. The number of nitrogens with one attached hydrogen (secondary N) is 1. The van der Waals surface area contributed by atoms with Crippen LogP contribution in [0.2, 0.25) is 0 Å². The molecule has 0 radical (unpaired) electrons. The summed E-state index contributed by atoms with van der Waals surface area (Å²) in [4.78, 5) is 26.7. The topological polar surface area (TPSA) is 69.6 Å². The highest BCUT2D eigenvalue weighted by Gasteiger charge is 2.27. The molecule has 5 nitrogen and oxygen atoms in total. The molecule has 2 rings (SSSR count). The second-order valence-electron chi connectivity index (χ2n) is 5.64. The SMILES string of the molecule is O=C(N[C@@H](CCCCO)C(=O)N1CCCC1)c1ccccc1. The summed E-state index contributed by atoms with van der Waals surface area (Å²) in [7, 11) is 0. The molecule has 2 amide bonds. The standard InChI is InChI=1S/C17H24N2O3/c20-13-7-4-10-15(17(22)19-11-5-6-12-19)18-16(21)14-8-2-1-3-9-14/h1-3,8-9,15,20H,4-7,10-13H2,(H,18,21)/t15-/m0/s1. The maximum Gasteiger partial charge on any atom is 0.251 e. The molecule has 1 atom stereocenters. The van der Waals surface area contributed by atoms with Gasteiger partial charge in [-0.2, -0.15) is 0 Å². The quantitative estimate of drug-likeness (QED) is 0.751. The lowest BCUT2D eigenvalue weighted by molar-refractivity contribution is -0.132. The lowest BCUT2D eigenvalue weighted by atomic mass is 10.1. The number of hydrogen-bond acceptors (Lipinski definition) is 3. The third-order valence-corrected chi connectivity index (χ3v) is 3.96. The third kappa shape index (κ3) is 4.56. The maximum atomic E-state index is 12.6. The number of likely N-dealkylation sites (tertiary alicyclic amines) is 1. The van der Waals surface area contributed by atoms with E-state index in [0.717, 1.165) is 32.4 Å². The van der Waals surface area contributed by atoms with Gasteiger partial charge in [-0.15, -0.1) is 0 Å². The lowest BCUT2D eigenvalue weighted by Gasteiger charge is -2.24. The fourth-order valence-corrected chi connectivity index (χ4v) is 2.71. The van der Waals surface area contributed by atoms with Gasteiger partial charge in [0.1, 0.15) is 6.04 Å². The van der Waals surface area contributed by atoms with Crippen molar-refractivity contribution in [3.05, 3.63) is 35.9 Å². The first kappa shape index (κ1) is 16.5. The molecular formula is C17H24N2O3. The molecule has 1 aliphatic heterocycles. The van der Waals surface area contributed by atoms with Crippen molar-refractivity contribution in [3.8, 4) is 0 Å². The number of aliphatic hydroxyl groups is 1. The van der Waals surface area contributed by atoms with Crippen molar-refractivity contribution in [2.75, 3.05) is 19.7 Å². The number of unbranched alkanes of at least 4 members (excludes halogenated alkanes) is 1. The summed E-state index contributed by atoms with van der Waals surface area (Å²) in [6, 6.07) is 8.43. The van der Waals surface area contributed by atoms with E-state index >= 15 is 0 Å². The van der Waals surface area contributed by atoms with Gasteiger partial charge in [0.2, 0.25) is 5.91 Å². The molecule has 1 heterocycles. The summed E-state index contributed by atoms with van der Waals surface area (Å²) in [6.07, 6.45) is 3.98. The van der Waals surface area contributed by atoms with Crippen LogP contribution < -0.4 is 5.32 Å². The predicted molar refractivity (Wildman–Crippen MR) is 84.4 cm³/mol. The van der Waals surface area contributed by atoms with Gasteiger partial charge in [-0.3, -0.25) is 9.59 Å². The Balaban J connectivity index is 1.99. The van der Waals surface area contributed by atoms with E-state index in [1.165, 1.54) is 0 Å². The monoisotopic (exact) mass is 304 g/mol. The number of hydrogen-bond donors (Lipinski definition) is 2. The third-order valence-electron chi connectivity index (χ3n) is 3.96.